The molecule has 12 heavy (non-hydrogen) atoms. The van der Waals surface area contributed by atoms with Gasteiger partial charge in [0.25, 0.3) is 0 Å². The fourth-order valence-electron chi connectivity index (χ4n) is 1.01. The van der Waals surface area contributed by atoms with E-state index in [4.69, 9.17) is 5.84 Å². The summed E-state index contributed by atoms with van der Waals surface area (Å²) in [6.45, 7) is 13.0. The van der Waals surface area contributed by atoms with Gasteiger partial charge in [-0.05, 0) is 11.8 Å². The molecule has 0 saturated heterocycles. The van der Waals surface area contributed by atoms with Gasteiger partial charge < -0.3 is 5.84 Å². The monoisotopic (exact) mass is 170 g/mol. The van der Waals surface area contributed by atoms with E-state index in [-0.39, 0.29) is 10.8 Å². The molecule has 0 spiro atoms. The SMILES string of the molecule is CC(C)(C)CC(=NN)C(C)(C)C. The van der Waals surface area contributed by atoms with Crippen LogP contribution in [0.4, 0.5) is 0 Å². The van der Waals surface area contributed by atoms with Crippen LogP contribution in [0.15, 0.2) is 5.10 Å². The average molecular weight is 170 g/mol. The summed E-state index contributed by atoms with van der Waals surface area (Å²) in [6.07, 6.45) is 0.965. The van der Waals surface area contributed by atoms with E-state index in [1.165, 1.54) is 0 Å². The molecular weight excluding hydrogens is 148 g/mol. The van der Waals surface area contributed by atoms with E-state index < -0.39 is 0 Å². The molecule has 0 bridgehead atoms. The van der Waals surface area contributed by atoms with Gasteiger partial charge in [-0.15, -0.1) is 0 Å². The van der Waals surface area contributed by atoms with Crippen LogP contribution in [0.2, 0.25) is 0 Å². The van der Waals surface area contributed by atoms with Crippen LogP contribution < -0.4 is 5.84 Å². The predicted octanol–water partition coefficient (Wildman–Crippen LogP) is 2.78. The van der Waals surface area contributed by atoms with Crippen LogP contribution in [0.5, 0.6) is 0 Å². The third kappa shape index (κ3) is 4.37. The number of hydrogen-bond donors (Lipinski definition) is 1. The fraction of sp³-hybridized carbons (Fsp3) is 0.900. The van der Waals surface area contributed by atoms with Gasteiger partial charge in [0.05, 0.1) is 0 Å². The highest BCUT2D eigenvalue weighted by molar-refractivity contribution is 5.89. The zero-order valence-corrected chi connectivity index (χ0v) is 9.23. The lowest BCUT2D eigenvalue weighted by Gasteiger charge is -2.27. The Kier molecular flexibility index (Phi) is 3.31. The molecule has 0 aliphatic rings. The van der Waals surface area contributed by atoms with E-state index >= 15 is 0 Å². The molecule has 0 radical (unpaired) electrons. The number of nitrogens with two attached hydrogens (primary N) is 1. The predicted molar refractivity (Wildman–Crippen MR) is 55.1 cm³/mol. The Bertz CT molecular complexity index is 167. The van der Waals surface area contributed by atoms with Crippen molar-refractivity contribution >= 4 is 5.71 Å². The first-order valence-corrected chi connectivity index (χ1v) is 4.44. The normalized spacial score (nSPS) is 15.0. The Balaban J connectivity index is 4.43. The summed E-state index contributed by atoms with van der Waals surface area (Å²) in [6, 6.07) is 0. The summed E-state index contributed by atoms with van der Waals surface area (Å²) in [5.41, 5.74) is 1.46. The van der Waals surface area contributed by atoms with Gasteiger partial charge in [-0.25, -0.2) is 0 Å². The summed E-state index contributed by atoms with van der Waals surface area (Å²) in [7, 11) is 0. The largest absolute Gasteiger partial charge is 0.323 e. The number of nitrogens with zero attached hydrogens (tertiary/aromatic N) is 1. The molecule has 0 fully saturated rings. The van der Waals surface area contributed by atoms with E-state index in [1.807, 2.05) is 0 Å². The molecule has 0 atom stereocenters. The summed E-state index contributed by atoms with van der Waals surface area (Å²) < 4.78 is 0. The molecule has 0 amide bonds. The molecule has 0 aromatic rings. The van der Waals surface area contributed by atoms with Gasteiger partial charge in [0.1, 0.15) is 0 Å². The summed E-state index contributed by atoms with van der Waals surface area (Å²) in [5, 5.41) is 3.86. The second-order valence-corrected chi connectivity index (χ2v) is 5.56. The quantitative estimate of drug-likeness (QED) is 0.367. The van der Waals surface area contributed by atoms with Crippen LogP contribution in [0.3, 0.4) is 0 Å². The van der Waals surface area contributed by atoms with Crippen LogP contribution >= 0.6 is 0 Å². The van der Waals surface area contributed by atoms with Gasteiger partial charge in [0.15, 0.2) is 0 Å². The van der Waals surface area contributed by atoms with Crippen molar-refractivity contribution in [2.75, 3.05) is 0 Å². The maximum atomic E-state index is 5.35. The molecule has 2 heteroatoms. The minimum absolute atomic E-state index is 0.0992. The van der Waals surface area contributed by atoms with Crippen molar-refractivity contribution in [3.63, 3.8) is 0 Å². The Morgan fingerprint density at radius 2 is 1.50 bits per heavy atom. The van der Waals surface area contributed by atoms with Crippen molar-refractivity contribution in [1.29, 1.82) is 0 Å². The Morgan fingerprint density at radius 1 is 1.08 bits per heavy atom. The first-order valence-electron chi connectivity index (χ1n) is 4.44. The lowest BCUT2D eigenvalue weighted by Crippen LogP contribution is -2.26. The topological polar surface area (TPSA) is 38.4 Å². The fourth-order valence-corrected chi connectivity index (χ4v) is 1.01. The lowest BCUT2D eigenvalue weighted by atomic mass is 9.79. The third-order valence-electron chi connectivity index (χ3n) is 1.72. The maximum Gasteiger partial charge on any atom is 0.0434 e. The highest BCUT2D eigenvalue weighted by Gasteiger charge is 2.24. The molecule has 0 aliphatic carbocycles. The highest BCUT2D eigenvalue weighted by atomic mass is 15.1. The molecule has 0 aromatic heterocycles. The molecule has 0 unspecified atom stereocenters. The number of hydrogen-bond acceptors (Lipinski definition) is 2. The molecule has 2 N–H and O–H groups in total. The van der Waals surface area contributed by atoms with Crippen LogP contribution in [-0.2, 0) is 0 Å². The van der Waals surface area contributed by atoms with E-state index in [1.54, 1.807) is 0 Å². The molecule has 0 aromatic carbocycles. The highest BCUT2D eigenvalue weighted by Crippen LogP contribution is 2.27. The standard InChI is InChI=1S/C10H22N2/c1-9(2,3)7-8(12-11)10(4,5)6/h7,11H2,1-6H3. The zero-order valence-electron chi connectivity index (χ0n) is 9.23. The van der Waals surface area contributed by atoms with Gasteiger partial charge in [-0.2, -0.15) is 5.10 Å². The minimum Gasteiger partial charge on any atom is -0.323 e. The number of rotatable bonds is 1. The van der Waals surface area contributed by atoms with Gasteiger partial charge in [0, 0.05) is 11.1 Å². The van der Waals surface area contributed by atoms with E-state index in [0.29, 0.717) is 0 Å². The van der Waals surface area contributed by atoms with Gasteiger partial charge >= 0.3 is 0 Å². The van der Waals surface area contributed by atoms with Gasteiger partial charge in [-0.3, -0.25) is 0 Å². The van der Waals surface area contributed by atoms with Crippen LogP contribution in [-0.4, -0.2) is 5.71 Å². The Morgan fingerprint density at radius 3 is 1.58 bits per heavy atom. The minimum atomic E-state index is 0.0992. The Hall–Kier alpha value is -0.530. The Labute approximate surface area is 76.2 Å². The van der Waals surface area contributed by atoms with Crippen molar-refractivity contribution in [2.24, 2.45) is 21.8 Å². The van der Waals surface area contributed by atoms with E-state index in [9.17, 15) is 0 Å². The van der Waals surface area contributed by atoms with E-state index in [0.717, 1.165) is 12.1 Å². The molecular formula is C10H22N2. The smallest absolute Gasteiger partial charge is 0.0434 e. The summed E-state index contributed by atoms with van der Waals surface area (Å²) in [4.78, 5) is 0. The second kappa shape index (κ2) is 3.46. The molecule has 0 heterocycles. The van der Waals surface area contributed by atoms with E-state index in [2.05, 4.69) is 46.6 Å². The van der Waals surface area contributed by atoms with Gasteiger partial charge in [-0.1, -0.05) is 41.5 Å². The summed E-state index contributed by atoms with van der Waals surface area (Å²) >= 11 is 0. The van der Waals surface area contributed by atoms with Crippen molar-refractivity contribution in [1.82, 2.24) is 0 Å². The second-order valence-electron chi connectivity index (χ2n) is 5.56. The molecule has 0 aliphatic heterocycles. The maximum absolute atomic E-state index is 5.35. The van der Waals surface area contributed by atoms with Crippen molar-refractivity contribution in [2.45, 2.75) is 48.0 Å². The molecule has 72 valence electrons. The molecule has 2 nitrogen and oxygen atoms in total. The van der Waals surface area contributed by atoms with Gasteiger partial charge in [0.2, 0.25) is 0 Å². The number of hydrazone groups is 1. The molecule has 0 rings (SSSR count). The zero-order chi connectivity index (χ0) is 9.99. The van der Waals surface area contributed by atoms with Crippen LogP contribution in [0, 0.1) is 10.8 Å². The van der Waals surface area contributed by atoms with Crippen molar-refractivity contribution in [3.8, 4) is 0 Å². The van der Waals surface area contributed by atoms with Crippen molar-refractivity contribution < 1.29 is 0 Å². The third-order valence-corrected chi connectivity index (χ3v) is 1.72. The van der Waals surface area contributed by atoms with Crippen LogP contribution in [0.1, 0.15) is 48.0 Å². The van der Waals surface area contributed by atoms with Crippen molar-refractivity contribution in [3.05, 3.63) is 0 Å². The molecule has 0 saturated carbocycles. The lowest BCUT2D eigenvalue weighted by molar-refractivity contribution is 0.412. The average Bonchev–Trinajstić information content (AvgIpc) is 1.78. The first-order chi connectivity index (χ1) is 5.17. The van der Waals surface area contributed by atoms with Crippen LogP contribution in [0.25, 0.3) is 0 Å². The first kappa shape index (κ1) is 11.5. The summed E-state index contributed by atoms with van der Waals surface area (Å²) in [5.74, 6) is 5.35.